The van der Waals surface area contributed by atoms with Gasteiger partial charge in [0.2, 0.25) is 5.91 Å². The van der Waals surface area contributed by atoms with E-state index in [9.17, 15) is 26.4 Å². The Morgan fingerprint density at radius 2 is 1.61 bits per heavy atom. The first kappa shape index (κ1) is 27.8. The molecule has 1 amide bonds. The molecule has 1 saturated heterocycles. The number of hydrogen-bond donors (Lipinski definition) is 0. The molecular formula is C27H27ClF3N3O3S. The molecule has 1 aliphatic rings. The number of rotatable bonds is 6. The minimum atomic E-state index is -4.80. The van der Waals surface area contributed by atoms with E-state index in [0.717, 1.165) is 22.9 Å². The van der Waals surface area contributed by atoms with Crippen LogP contribution in [0.3, 0.4) is 0 Å². The standard InChI is InChI=1S/C27H27ClF3N3O3S/c1-19-7-6-10-25(20(19)2)32-13-15-33(16-14-32)26(35)18-34(38(36,37)22-8-4-3-5-9-22)21-11-12-24(28)23(17-21)27(29,30)31/h3-12,17H,13-16,18H2,1-2H3. The van der Waals surface area contributed by atoms with Crippen molar-refractivity contribution in [3.05, 3.63) is 88.4 Å². The van der Waals surface area contributed by atoms with Crippen LogP contribution in [0.2, 0.25) is 5.02 Å². The van der Waals surface area contributed by atoms with Crippen LogP contribution in [0.15, 0.2) is 71.6 Å². The molecule has 1 heterocycles. The van der Waals surface area contributed by atoms with Gasteiger partial charge in [-0.1, -0.05) is 41.9 Å². The van der Waals surface area contributed by atoms with E-state index in [1.54, 1.807) is 6.07 Å². The van der Waals surface area contributed by atoms with Crippen LogP contribution in [0, 0.1) is 13.8 Å². The van der Waals surface area contributed by atoms with Crippen LogP contribution in [-0.4, -0.2) is 51.9 Å². The van der Waals surface area contributed by atoms with Gasteiger partial charge < -0.3 is 9.80 Å². The van der Waals surface area contributed by atoms with Gasteiger partial charge in [0.15, 0.2) is 0 Å². The fraction of sp³-hybridized carbons (Fsp3) is 0.296. The lowest BCUT2D eigenvalue weighted by molar-refractivity contribution is -0.137. The molecule has 202 valence electrons. The number of hydrogen-bond acceptors (Lipinski definition) is 4. The van der Waals surface area contributed by atoms with E-state index in [1.165, 1.54) is 35.2 Å². The molecule has 0 bridgehead atoms. The molecule has 11 heteroatoms. The molecule has 0 atom stereocenters. The fourth-order valence-corrected chi connectivity index (χ4v) is 6.07. The molecule has 0 radical (unpaired) electrons. The number of sulfonamides is 1. The zero-order chi connectivity index (χ0) is 27.7. The van der Waals surface area contributed by atoms with Crippen molar-refractivity contribution in [1.82, 2.24) is 4.90 Å². The number of halogens is 4. The summed E-state index contributed by atoms with van der Waals surface area (Å²) in [4.78, 5) is 16.9. The number of carbonyl (C=O) groups is 1. The van der Waals surface area contributed by atoms with Crippen LogP contribution < -0.4 is 9.21 Å². The van der Waals surface area contributed by atoms with Crippen molar-refractivity contribution in [1.29, 1.82) is 0 Å². The normalized spacial score (nSPS) is 14.5. The minimum absolute atomic E-state index is 0.143. The number of carbonyl (C=O) groups excluding carboxylic acids is 1. The third kappa shape index (κ3) is 5.76. The second-order valence-corrected chi connectivity index (χ2v) is 11.3. The maximum absolute atomic E-state index is 13.6. The number of anilines is 2. The number of piperazine rings is 1. The van der Waals surface area contributed by atoms with E-state index in [-0.39, 0.29) is 10.6 Å². The zero-order valence-electron chi connectivity index (χ0n) is 20.9. The molecule has 0 spiro atoms. The first-order chi connectivity index (χ1) is 17.9. The lowest BCUT2D eigenvalue weighted by Crippen LogP contribution is -2.52. The highest BCUT2D eigenvalue weighted by Crippen LogP contribution is 2.38. The average molecular weight is 566 g/mol. The fourth-order valence-electron chi connectivity index (χ4n) is 4.42. The number of alkyl halides is 3. The van der Waals surface area contributed by atoms with Crippen molar-refractivity contribution < 1.29 is 26.4 Å². The van der Waals surface area contributed by atoms with Crippen molar-refractivity contribution in [2.75, 3.05) is 41.9 Å². The molecule has 4 rings (SSSR count). The number of benzene rings is 3. The van der Waals surface area contributed by atoms with Gasteiger partial charge in [-0.15, -0.1) is 0 Å². The Labute approximate surface area is 225 Å². The van der Waals surface area contributed by atoms with Crippen LogP contribution >= 0.6 is 11.6 Å². The average Bonchev–Trinajstić information content (AvgIpc) is 2.89. The largest absolute Gasteiger partial charge is 0.417 e. The van der Waals surface area contributed by atoms with Gasteiger partial charge in [0.05, 0.1) is 21.2 Å². The van der Waals surface area contributed by atoms with Crippen molar-refractivity contribution in [3.8, 4) is 0 Å². The summed E-state index contributed by atoms with van der Waals surface area (Å²) in [6.45, 7) is 5.19. The SMILES string of the molecule is Cc1cccc(N2CCN(C(=O)CN(c3ccc(Cl)c(C(F)(F)F)c3)S(=O)(=O)c3ccccc3)CC2)c1C. The van der Waals surface area contributed by atoms with Gasteiger partial charge in [-0.3, -0.25) is 9.10 Å². The Bertz CT molecular complexity index is 1420. The molecule has 0 unspecified atom stereocenters. The highest BCUT2D eigenvalue weighted by Gasteiger charge is 2.36. The third-order valence-electron chi connectivity index (χ3n) is 6.70. The van der Waals surface area contributed by atoms with Crippen LogP contribution in [0.4, 0.5) is 24.5 Å². The maximum atomic E-state index is 13.6. The Hall–Kier alpha value is -3.24. The Morgan fingerprint density at radius 1 is 0.947 bits per heavy atom. The summed E-state index contributed by atoms with van der Waals surface area (Å²) in [5.41, 5.74) is 1.90. The van der Waals surface area contributed by atoms with Crippen molar-refractivity contribution in [3.63, 3.8) is 0 Å². The lowest BCUT2D eigenvalue weighted by atomic mass is 10.1. The van der Waals surface area contributed by atoms with Crippen LogP contribution in [-0.2, 0) is 21.0 Å². The summed E-state index contributed by atoms with van der Waals surface area (Å²) in [5.74, 6) is -0.506. The van der Waals surface area contributed by atoms with E-state index in [2.05, 4.69) is 4.90 Å². The number of nitrogens with zero attached hydrogens (tertiary/aromatic N) is 3. The Kier molecular flexibility index (Phi) is 7.94. The molecule has 0 aliphatic carbocycles. The summed E-state index contributed by atoms with van der Waals surface area (Å²) in [5, 5.41) is -0.563. The quantitative estimate of drug-likeness (QED) is 0.395. The van der Waals surface area contributed by atoms with E-state index >= 15 is 0 Å². The predicted molar refractivity (Wildman–Crippen MR) is 142 cm³/mol. The molecule has 0 aromatic heterocycles. The van der Waals surface area contributed by atoms with Gasteiger partial charge >= 0.3 is 6.18 Å². The first-order valence-electron chi connectivity index (χ1n) is 11.9. The Balaban J connectivity index is 1.61. The molecule has 1 aliphatic heterocycles. The monoisotopic (exact) mass is 565 g/mol. The third-order valence-corrected chi connectivity index (χ3v) is 8.82. The first-order valence-corrected chi connectivity index (χ1v) is 13.7. The summed E-state index contributed by atoms with van der Waals surface area (Å²) in [6, 6.07) is 16.1. The molecule has 3 aromatic carbocycles. The summed E-state index contributed by atoms with van der Waals surface area (Å²) in [6.07, 6.45) is -4.80. The minimum Gasteiger partial charge on any atom is -0.368 e. The molecule has 3 aromatic rings. The zero-order valence-corrected chi connectivity index (χ0v) is 22.4. The second-order valence-electron chi connectivity index (χ2n) is 9.07. The van der Waals surface area contributed by atoms with E-state index in [1.807, 2.05) is 32.0 Å². The molecule has 1 fully saturated rings. The van der Waals surface area contributed by atoms with Crippen LogP contribution in [0.5, 0.6) is 0 Å². The highest BCUT2D eigenvalue weighted by molar-refractivity contribution is 7.92. The van der Waals surface area contributed by atoms with Crippen molar-refractivity contribution >= 4 is 38.9 Å². The van der Waals surface area contributed by atoms with Gasteiger partial charge in [-0.05, 0) is 61.4 Å². The second kappa shape index (κ2) is 10.9. The molecule has 6 nitrogen and oxygen atoms in total. The van der Waals surface area contributed by atoms with Crippen LogP contribution in [0.25, 0.3) is 0 Å². The summed E-state index contributed by atoms with van der Waals surface area (Å²) in [7, 11) is -4.36. The van der Waals surface area contributed by atoms with E-state index in [4.69, 9.17) is 11.6 Å². The Morgan fingerprint density at radius 3 is 2.24 bits per heavy atom. The maximum Gasteiger partial charge on any atom is 0.417 e. The van der Waals surface area contributed by atoms with Gasteiger partial charge in [-0.2, -0.15) is 13.2 Å². The van der Waals surface area contributed by atoms with Gasteiger partial charge in [0.25, 0.3) is 10.0 Å². The van der Waals surface area contributed by atoms with Crippen molar-refractivity contribution in [2.45, 2.75) is 24.9 Å². The molecule has 38 heavy (non-hydrogen) atoms. The van der Waals surface area contributed by atoms with Gasteiger partial charge in [0, 0.05) is 31.9 Å². The summed E-state index contributed by atoms with van der Waals surface area (Å²) < 4.78 is 68.5. The van der Waals surface area contributed by atoms with Gasteiger partial charge in [-0.25, -0.2) is 8.42 Å². The smallest absolute Gasteiger partial charge is 0.368 e. The number of aryl methyl sites for hydroxylation is 1. The molecule has 0 saturated carbocycles. The van der Waals surface area contributed by atoms with Gasteiger partial charge in [0.1, 0.15) is 6.54 Å². The topological polar surface area (TPSA) is 60.9 Å². The number of amides is 1. The predicted octanol–water partition coefficient (Wildman–Crippen LogP) is 5.52. The van der Waals surface area contributed by atoms with E-state index in [0.29, 0.717) is 36.6 Å². The van der Waals surface area contributed by atoms with E-state index < -0.39 is 39.2 Å². The highest BCUT2D eigenvalue weighted by atomic mass is 35.5. The van der Waals surface area contributed by atoms with Crippen molar-refractivity contribution in [2.24, 2.45) is 0 Å². The summed E-state index contributed by atoms with van der Waals surface area (Å²) >= 11 is 5.76. The lowest BCUT2D eigenvalue weighted by Gasteiger charge is -2.38. The molecular weight excluding hydrogens is 539 g/mol. The molecule has 0 N–H and O–H groups in total. The van der Waals surface area contributed by atoms with Crippen LogP contribution in [0.1, 0.15) is 16.7 Å².